The molecule has 1 aromatic heterocycles. The Morgan fingerprint density at radius 1 is 1.12 bits per heavy atom. The van der Waals surface area contributed by atoms with Crippen LogP contribution in [-0.2, 0) is 0 Å². The molecule has 0 bridgehead atoms. The van der Waals surface area contributed by atoms with Crippen LogP contribution < -0.4 is 9.47 Å². The fraction of sp³-hybridized carbons (Fsp3) is 0.211. The number of ether oxygens (including phenoxy) is 2. The van der Waals surface area contributed by atoms with E-state index < -0.39 is 6.61 Å². The molecule has 3 aromatic rings. The van der Waals surface area contributed by atoms with Gasteiger partial charge in [0.15, 0.2) is 0 Å². The number of aromatic nitrogens is 1. The second kappa shape index (κ2) is 7.44. The number of hydrogen-bond acceptors (Lipinski definition) is 4. The number of para-hydroxylation sites is 1. The first kappa shape index (κ1) is 17.1. The number of pyridine rings is 1. The van der Waals surface area contributed by atoms with E-state index in [1.807, 2.05) is 31.2 Å². The van der Waals surface area contributed by atoms with E-state index in [4.69, 9.17) is 9.84 Å². The molecule has 0 atom stereocenters. The highest BCUT2D eigenvalue weighted by atomic mass is 19.3. The average molecular weight is 345 g/mol. The van der Waals surface area contributed by atoms with Crippen molar-refractivity contribution in [1.29, 1.82) is 0 Å². The van der Waals surface area contributed by atoms with E-state index in [0.29, 0.717) is 17.0 Å². The van der Waals surface area contributed by atoms with Crippen LogP contribution in [0.25, 0.3) is 22.2 Å². The molecule has 0 saturated heterocycles. The maximum Gasteiger partial charge on any atom is 0.387 e. The van der Waals surface area contributed by atoms with Gasteiger partial charge < -0.3 is 14.6 Å². The average Bonchev–Trinajstić information content (AvgIpc) is 2.59. The van der Waals surface area contributed by atoms with Gasteiger partial charge in [0.05, 0.1) is 17.8 Å². The van der Waals surface area contributed by atoms with Gasteiger partial charge in [-0.2, -0.15) is 8.78 Å². The maximum atomic E-state index is 12.4. The van der Waals surface area contributed by atoms with Crippen molar-refractivity contribution >= 4 is 10.9 Å². The van der Waals surface area contributed by atoms with Crippen LogP contribution in [0, 0.1) is 6.92 Å². The van der Waals surface area contributed by atoms with Gasteiger partial charge in [-0.05, 0) is 42.8 Å². The van der Waals surface area contributed by atoms with E-state index in [1.54, 1.807) is 12.1 Å². The fourth-order valence-corrected chi connectivity index (χ4v) is 2.66. The Balaban J connectivity index is 2.08. The molecule has 0 aliphatic carbocycles. The smallest absolute Gasteiger partial charge is 0.387 e. The van der Waals surface area contributed by atoms with Gasteiger partial charge in [-0.1, -0.05) is 12.1 Å². The van der Waals surface area contributed by atoms with Gasteiger partial charge in [-0.15, -0.1) is 0 Å². The lowest BCUT2D eigenvalue weighted by Gasteiger charge is -2.12. The van der Waals surface area contributed by atoms with Crippen LogP contribution in [0.4, 0.5) is 8.78 Å². The van der Waals surface area contributed by atoms with Crippen molar-refractivity contribution in [2.24, 2.45) is 0 Å². The zero-order valence-electron chi connectivity index (χ0n) is 13.6. The molecule has 0 aliphatic rings. The van der Waals surface area contributed by atoms with E-state index in [2.05, 4.69) is 9.72 Å². The Hall–Kier alpha value is -2.73. The van der Waals surface area contributed by atoms with Crippen LogP contribution in [0.3, 0.4) is 0 Å². The first-order valence-corrected chi connectivity index (χ1v) is 7.78. The molecule has 4 nitrogen and oxygen atoms in total. The van der Waals surface area contributed by atoms with E-state index in [1.165, 1.54) is 12.1 Å². The summed E-state index contributed by atoms with van der Waals surface area (Å²) in [6.07, 6.45) is 0. The molecule has 130 valence electrons. The second-order valence-corrected chi connectivity index (χ2v) is 5.45. The molecule has 2 aromatic carbocycles. The third-order valence-electron chi connectivity index (χ3n) is 3.73. The van der Waals surface area contributed by atoms with Crippen molar-refractivity contribution in [1.82, 2.24) is 4.98 Å². The van der Waals surface area contributed by atoms with E-state index >= 15 is 0 Å². The van der Waals surface area contributed by atoms with Crippen LogP contribution in [0.1, 0.15) is 5.56 Å². The van der Waals surface area contributed by atoms with Gasteiger partial charge in [0.2, 0.25) is 0 Å². The summed E-state index contributed by atoms with van der Waals surface area (Å²) in [6.45, 7) is -0.865. The van der Waals surface area contributed by atoms with E-state index in [0.717, 1.165) is 16.5 Å². The number of benzene rings is 2. The molecule has 1 heterocycles. The minimum Gasteiger partial charge on any atom is -0.490 e. The molecule has 0 amide bonds. The van der Waals surface area contributed by atoms with Gasteiger partial charge in [0.1, 0.15) is 18.1 Å². The Bertz CT molecular complexity index is 884. The topological polar surface area (TPSA) is 51.6 Å². The highest BCUT2D eigenvalue weighted by Crippen LogP contribution is 2.32. The number of aryl methyl sites for hydroxylation is 1. The molecule has 0 spiro atoms. The number of hydrogen-bond donors (Lipinski definition) is 1. The summed E-state index contributed by atoms with van der Waals surface area (Å²) in [6, 6.07) is 14.0. The Kier molecular flexibility index (Phi) is 5.09. The summed E-state index contributed by atoms with van der Waals surface area (Å²) >= 11 is 0. The molecule has 25 heavy (non-hydrogen) atoms. The number of halogens is 2. The zero-order chi connectivity index (χ0) is 17.8. The van der Waals surface area contributed by atoms with Crippen molar-refractivity contribution in [2.45, 2.75) is 13.5 Å². The molecule has 0 radical (unpaired) electrons. The summed E-state index contributed by atoms with van der Waals surface area (Å²) in [4.78, 5) is 4.58. The Morgan fingerprint density at radius 2 is 1.92 bits per heavy atom. The third-order valence-corrected chi connectivity index (χ3v) is 3.73. The summed E-state index contributed by atoms with van der Waals surface area (Å²) in [5, 5.41) is 9.82. The van der Waals surface area contributed by atoms with Gasteiger partial charge >= 0.3 is 6.61 Å². The summed E-state index contributed by atoms with van der Waals surface area (Å²) < 4.78 is 34.9. The predicted molar refractivity (Wildman–Crippen MR) is 91.1 cm³/mol. The Morgan fingerprint density at radius 3 is 2.68 bits per heavy atom. The second-order valence-electron chi connectivity index (χ2n) is 5.45. The summed E-state index contributed by atoms with van der Waals surface area (Å²) in [7, 11) is 0. The molecule has 1 N–H and O–H groups in total. The number of rotatable bonds is 6. The fourth-order valence-electron chi connectivity index (χ4n) is 2.66. The van der Waals surface area contributed by atoms with Crippen molar-refractivity contribution in [3.8, 4) is 22.8 Å². The number of fused-ring (bicyclic) bond motifs is 1. The van der Waals surface area contributed by atoms with Gasteiger partial charge in [-0.3, -0.25) is 0 Å². The van der Waals surface area contributed by atoms with E-state index in [9.17, 15) is 8.78 Å². The molecule has 6 heteroatoms. The molecule has 0 saturated carbocycles. The van der Waals surface area contributed by atoms with Gasteiger partial charge in [0.25, 0.3) is 0 Å². The van der Waals surface area contributed by atoms with Crippen LogP contribution >= 0.6 is 0 Å². The van der Waals surface area contributed by atoms with Crippen LogP contribution in [0.5, 0.6) is 11.5 Å². The third kappa shape index (κ3) is 3.85. The van der Waals surface area contributed by atoms with Crippen molar-refractivity contribution in [2.75, 3.05) is 13.2 Å². The molecular formula is C19H17F2NO3. The quantitative estimate of drug-likeness (QED) is 0.728. The zero-order valence-corrected chi connectivity index (χ0v) is 13.6. The molecular weight excluding hydrogens is 328 g/mol. The predicted octanol–water partition coefficient (Wildman–Crippen LogP) is 4.18. The van der Waals surface area contributed by atoms with Crippen molar-refractivity contribution in [3.05, 3.63) is 54.1 Å². The number of aliphatic hydroxyl groups excluding tert-OH is 1. The number of aliphatic hydroxyl groups is 1. The summed E-state index contributed by atoms with van der Waals surface area (Å²) in [5.74, 6) is 0.666. The standard InChI is InChI=1S/C19H17F2NO3/c1-12-10-16(15-4-2-3-5-18(15)24-9-8-23)22-17-11-13(25-19(20)21)6-7-14(12)17/h2-7,10-11,19,23H,8-9H2,1H3. The Labute approximate surface area is 143 Å². The maximum absolute atomic E-state index is 12.4. The van der Waals surface area contributed by atoms with Crippen LogP contribution in [0.15, 0.2) is 48.5 Å². The lowest BCUT2D eigenvalue weighted by atomic mass is 10.0. The first-order valence-electron chi connectivity index (χ1n) is 7.78. The van der Waals surface area contributed by atoms with E-state index in [-0.39, 0.29) is 19.0 Å². The minimum absolute atomic E-state index is 0.0661. The van der Waals surface area contributed by atoms with Gasteiger partial charge in [-0.25, -0.2) is 4.98 Å². The van der Waals surface area contributed by atoms with Crippen LogP contribution in [-0.4, -0.2) is 29.9 Å². The molecule has 3 rings (SSSR count). The minimum atomic E-state index is -2.88. The highest BCUT2D eigenvalue weighted by molar-refractivity contribution is 5.86. The summed E-state index contributed by atoms with van der Waals surface area (Å²) in [5.41, 5.74) is 2.94. The number of alkyl halides is 2. The number of nitrogens with zero attached hydrogens (tertiary/aromatic N) is 1. The largest absolute Gasteiger partial charge is 0.490 e. The monoisotopic (exact) mass is 345 g/mol. The molecule has 0 unspecified atom stereocenters. The highest BCUT2D eigenvalue weighted by Gasteiger charge is 2.12. The lowest BCUT2D eigenvalue weighted by molar-refractivity contribution is -0.0497. The normalized spacial score (nSPS) is 11.1. The molecule has 0 aliphatic heterocycles. The van der Waals surface area contributed by atoms with Crippen molar-refractivity contribution in [3.63, 3.8) is 0 Å². The lowest BCUT2D eigenvalue weighted by Crippen LogP contribution is -2.03. The van der Waals surface area contributed by atoms with Gasteiger partial charge in [0, 0.05) is 17.0 Å². The van der Waals surface area contributed by atoms with Crippen molar-refractivity contribution < 1.29 is 23.4 Å². The SMILES string of the molecule is Cc1cc(-c2ccccc2OCCO)nc2cc(OC(F)F)ccc12. The van der Waals surface area contributed by atoms with Crippen LogP contribution in [0.2, 0.25) is 0 Å². The first-order chi connectivity index (χ1) is 12.1. The molecule has 0 fully saturated rings.